The molecule has 6 heteroatoms. The van der Waals surface area contributed by atoms with E-state index in [1.807, 2.05) is 16.9 Å². The number of benzene rings is 1. The number of aromatic hydroxyl groups is 2. The van der Waals surface area contributed by atoms with Gasteiger partial charge in [-0.1, -0.05) is 19.9 Å². The number of nitrogens with zero attached hydrogens (tertiary/aromatic N) is 2. The highest BCUT2D eigenvalue weighted by molar-refractivity contribution is 5.85. The minimum Gasteiger partial charge on any atom is -0.508 e. The standard InChI is InChI=1S/C15H21N3O2.ClH/c1-11(2)10-18-6-5-13(17-18)9-16-8-12-3-4-14(19)7-15(12)20;/h3-7,11,16,19-20H,8-10H2,1-2H3;1H. The number of phenols is 2. The maximum atomic E-state index is 9.67. The molecule has 0 saturated heterocycles. The highest BCUT2D eigenvalue weighted by Gasteiger charge is 2.04. The number of aromatic nitrogens is 2. The molecule has 1 aromatic carbocycles. The van der Waals surface area contributed by atoms with E-state index in [1.54, 1.807) is 12.1 Å². The highest BCUT2D eigenvalue weighted by atomic mass is 35.5. The lowest BCUT2D eigenvalue weighted by Crippen LogP contribution is -2.14. The molecule has 5 nitrogen and oxygen atoms in total. The summed E-state index contributed by atoms with van der Waals surface area (Å²) in [7, 11) is 0. The molecule has 21 heavy (non-hydrogen) atoms. The van der Waals surface area contributed by atoms with Gasteiger partial charge in [-0.25, -0.2) is 0 Å². The second-order valence-electron chi connectivity index (χ2n) is 5.34. The van der Waals surface area contributed by atoms with E-state index in [0.717, 1.165) is 17.8 Å². The predicted molar refractivity (Wildman–Crippen MR) is 84.6 cm³/mol. The molecule has 0 spiro atoms. The van der Waals surface area contributed by atoms with Crippen LogP contribution in [0.15, 0.2) is 30.5 Å². The SMILES string of the molecule is CC(C)Cn1ccc(CNCc2ccc(O)cc2O)n1.Cl. The van der Waals surface area contributed by atoms with E-state index in [1.165, 1.54) is 6.07 Å². The molecule has 0 bridgehead atoms. The first kappa shape index (κ1) is 17.3. The minimum absolute atomic E-state index is 0. The maximum absolute atomic E-state index is 9.67. The monoisotopic (exact) mass is 311 g/mol. The molecule has 0 saturated carbocycles. The Labute approximate surface area is 131 Å². The number of hydrogen-bond acceptors (Lipinski definition) is 4. The fourth-order valence-electron chi connectivity index (χ4n) is 2.00. The van der Waals surface area contributed by atoms with Crippen molar-refractivity contribution < 1.29 is 10.2 Å². The van der Waals surface area contributed by atoms with Crippen LogP contribution in [0, 0.1) is 5.92 Å². The van der Waals surface area contributed by atoms with E-state index in [9.17, 15) is 10.2 Å². The summed E-state index contributed by atoms with van der Waals surface area (Å²) in [6.45, 7) is 6.41. The summed E-state index contributed by atoms with van der Waals surface area (Å²) >= 11 is 0. The number of rotatable bonds is 6. The summed E-state index contributed by atoms with van der Waals surface area (Å²) in [5, 5.41) is 26.6. The molecular weight excluding hydrogens is 290 g/mol. The Morgan fingerprint density at radius 3 is 2.62 bits per heavy atom. The number of nitrogens with one attached hydrogen (secondary N) is 1. The summed E-state index contributed by atoms with van der Waals surface area (Å²) in [5.41, 5.74) is 1.73. The van der Waals surface area contributed by atoms with Crippen molar-refractivity contribution in [1.82, 2.24) is 15.1 Å². The first-order chi connectivity index (χ1) is 9.54. The largest absolute Gasteiger partial charge is 0.508 e. The topological polar surface area (TPSA) is 70.3 Å². The van der Waals surface area contributed by atoms with Gasteiger partial charge in [0, 0.05) is 37.5 Å². The van der Waals surface area contributed by atoms with Crippen LogP contribution in [0.1, 0.15) is 25.1 Å². The van der Waals surface area contributed by atoms with Crippen molar-refractivity contribution in [3.8, 4) is 11.5 Å². The van der Waals surface area contributed by atoms with Gasteiger partial charge in [0.25, 0.3) is 0 Å². The van der Waals surface area contributed by atoms with Gasteiger partial charge in [-0.05, 0) is 18.1 Å². The van der Waals surface area contributed by atoms with Gasteiger partial charge in [0.1, 0.15) is 11.5 Å². The van der Waals surface area contributed by atoms with Crippen LogP contribution in [0.25, 0.3) is 0 Å². The smallest absolute Gasteiger partial charge is 0.123 e. The molecule has 0 aliphatic rings. The van der Waals surface area contributed by atoms with Crippen molar-refractivity contribution >= 4 is 12.4 Å². The Hall–Kier alpha value is -1.72. The van der Waals surface area contributed by atoms with Crippen LogP contribution >= 0.6 is 12.4 Å². The van der Waals surface area contributed by atoms with Gasteiger partial charge in [-0.3, -0.25) is 4.68 Å². The van der Waals surface area contributed by atoms with Crippen LogP contribution in [-0.4, -0.2) is 20.0 Å². The lowest BCUT2D eigenvalue weighted by atomic mass is 10.2. The van der Waals surface area contributed by atoms with Crippen molar-refractivity contribution in [2.24, 2.45) is 5.92 Å². The van der Waals surface area contributed by atoms with Gasteiger partial charge in [0.2, 0.25) is 0 Å². The zero-order valence-corrected chi connectivity index (χ0v) is 13.1. The number of phenolic OH excluding ortho intramolecular Hbond substituents is 2. The fourth-order valence-corrected chi connectivity index (χ4v) is 2.00. The molecule has 0 aliphatic heterocycles. The van der Waals surface area contributed by atoms with Gasteiger partial charge in [0.15, 0.2) is 0 Å². The first-order valence-electron chi connectivity index (χ1n) is 6.78. The first-order valence-corrected chi connectivity index (χ1v) is 6.78. The molecule has 0 radical (unpaired) electrons. The Morgan fingerprint density at radius 2 is 1.95 bits per heavy atom. The average Bonchev–Trinajstić information content (AvgIpc) is 2.79. The van der Waals surface area contributed by atoms with Crippen molar-refractivity contribution in [1.29, 1.82) is 0 Å². The fraction of sp³-hybridized carbons (Fsp3) is 0.400. The predicted octanol–water partition coefficient (Wildman–Crippen LogP) is 2.66. The number of halogens is 1. The van der Waals surface area contributed by atoms with Gasteiger partial charge >= 0.3 is 0 Å². The van der Waals surface area contributed by atoms with Crippen LogP contribution in [0.2, 0.25) is 0 Å². The normalized spacial score (nSPS) is 10.6. The van der Waals surface area contributed by atoms with Gasteiger partial charge in [-0.15, -0.1) is 12.4 Å². The van der Waals surface area contributed by atoms with E-state index >= 15 is 0 Å². The second-order valence-corrected chi connectivity index (χ2v) is 5.34. The second kappa shape index (κ2) is 7.90. The minimum atomic E-state index is 0. The lowest BCUT2D eigenvalue weighted by Gasteiger charge is -2.06. The zero-order valence-electron chi connectivity index (χ0n) is 12.3. The molecule has 1 aromatic heterocycles. The van der Waals surface area contributed by atoms with Gasteiger partial charge < -0.3 is 15.5 Å². The van der Waals surface area contributed by atoms with E-state index in [-0.39, 0.29) is 23.9 Å². The summed E-state index contributed by atoms with van der Waals surface area (Å²) in [6.07, 6.45) is 1.98. The van der Waals surface area contributed by atoms with Crippen LogP contribution in [0.3, 0.4) is 0 Å². The molecule has 2 rings (SSSR count). The molecule has 0 unspecified atom stereocenters. The molecule has 0 aliphatic carbocycles. The molecule has 1 heterocycles. The van der Waals surface area contributed by atoms with Crippen molar-refractivity contribution in [3.05, 3.63) is 41.7 Å². The van der Waals surface area contributed by atoms with E-state index in [0.29, 0.717) is 19.0 Å². The molecule has 0 amide bonds. The molecule has 2 aromatic rings. The van der Waals surface area contributed by atoms with Crippen LogP contribution in [0.5, 0.6) is 11.5 Å². The quantitative estimate of drug-likeness (QED) is 0.767. The van der Waals surface area contributed by atoms with E-state index in [4.69, 9.17) is 0 Å². The molecule has 116 valence electrons. The Morgan fingerprint density at radius 1 is 1.19 bits per heavy atom. The Kier molecular flexibility index (Phi) is 6.52. The van der Waals surface area contributed by atoms with Crippen molar-refractivity contribution in [3.63, 3.8) is 0 Å². The van der Waals surface area contributed by atoms with Crippen molar-refractivity contribution in [2.75, 3.05) is 0 Å². The van der Waals surface area contributed by atoms with Crippen molar-refractivity contribution in [2.45, 2.75) is 33.5 Å². The maximum Gasteiger partial charge on any atom is 0.123 e. The van der Waals surface area contributed by atoms with Crippen LogP contribution in [0.4, 0.5) is 0 Å². The summed E-state index contributed by atoms with van der Waals surface area (Å²) in [6, 6.07) is 6.60. The Bertz CT molecular complexity index is 570. The molecule has 0 fully saturated rings. The van der Waals surface area contributed by atoms with Crippen LogP contribution < -0.4 is 5.32 Å². The number of hydrogen-bond donors (Lipinski definition) is 3. The van der Waals surface area contributed by atoms with E-state index < -0.39 is 0 Å². The van der Waals surface area contributed by atoms with Crippen LogP contribution in [-0.2, 0) is 19.6 Å². The Balaban J connectivity index is 0.00000220. The third-order valence-electron chi connectivity index (χ3n) is 2.94. The lowest BCUT2D eigenvalue weighted by molar-refractivity contribution is 0.443. The third-order valence-corrected chi connectivity index (χ3v) is 2.94. The average molecular weight is 312 g/mol. The highest BCUT2D eigenvalue weighted by Crippen LogP contribution is 2.22. The van der Waals surface area contributed by atoms with Gasteiger partial charge in [-0.2, -0.15) is 5.10 Å². The summed E-state index contributed by atoms with van der Waals surface area (Å²) < 4.78 is 1.94. The molecular formula is C15H22ClN3O2. The van der Waals surface area contributed by atoms with E-state index in [2.05, 4.69) is 24.3 Å². The third kappa shape index (κ3) is 5.28. The zero-order chi connectivity index (χ0) is 14.5. The van der Waals surface area contributed by atoms with Gasteiger partial charge in [0.05, 0.1) is 5.69 Å². The molecule has 0 atom stereocenters. The summed E-state index contributed by atoms with van der Waals surface area (Å²) in [4.78, 5) is 0. The summed E-state index contributed by atoms with van der Waals surface area (Å²) in [5.74, 6) is 0.742. The molecule has 3 N–H and O–H groups in total.